The minimum Gasteiger partial charge on any atom is -0.497 e. The summed E-state index contributed by atoms with van der Waals surface area (Å²) in [6.45, 7) is 11.1. The fourth-order valence-corrected chi connectivity index (χ4v) is 3.99. The van der Waals surface area contributed by atoms with Crippen molar-refractivity contribution in [2.75, 3.05) is 60.1 Å². The Bertz CT molecular complexity index is 630. The maximum atomic E-state index is 5.56. The van der Waals surface area contributed by atoms with Crippen molar-refractivity contribution in [1.29, 1.82) is 0 Å². The zero-order chi connectivity index (χ0) is 19.3. The standard InChI is InChI=1S/C21H34N4O2.HI/c1-21(2)9-10-25(16-21)20(22-3)23-15-19(24-11-13-27-14-12-24)17-5-7-18(26-4)8-6-17;/h5-8,19H,9-16H2,1-4H3,(H,22,23);1H. The highest BCUT2D eigenvalue weighted by Gasteiger charge is 2.31. The van der Waals surface area contributed by atoms with E-state index in [2.05, 4.69) is 46.1 Å². The highest BCUT2D eigenvalue weighted by atomic mass is 127. The number of guanidine groups is 1. The summed E-state index contributed by atoms with van der Waals surface area (Å²) < 4.78 is 10.9. The van der Waals surface area contributed by atoms with E-state index in [4.69, 9.17) is 9.47 Å². The molecule has 0 aromatic heterocycles. The number of methoxy groups -OCH3 is 1. The minimum absolute atomic E-state index is 0. The van der Waals surface area contributed by atoms with Crippen LogP contribution in [-0.2, 0) is 4.74 Å². The highest BCUT2D eigenvalue weighted by molar-refractivity contribution is 14.0. The van der Waals surface area contributed by atoms with Crippen LogP contribution in [0, 0.1) is 5.41 Å². The van der Waals surface area contributed by atoms with E-state index in [1.54, 1.807) is 7.11 Å². The van der Waals surface area contributed by atoms with Gasteiger partial charge < -0.3 is 19.7 Å². The van der Waals surface area contributed by atoms with Gasteiger partial charge in [0.25, 0.3) is 0 Å². The van der Waals surface area contributed by atoms with Crippen LogP contribution in [0.1, 0.15) is 31.9 Å². The third-order valence-corrected chi connectivity index (χ3v) is 5.63. The van der Waals surface area contributed by atoms with Crippen LogP contribution >= 0.6 is 24.0 Å². The number of benzene rings is 1. The van der Waals surface area contributed by atoms with E-state index >= 15 is 0 Å². The van der Waals surface area contributed by atoms with Gasteiger partial charge in [0, 0.05) is 39.8 Å². The molecule has 158 valence electrons. The normalized spacial score (nSPS) is 21.1. The molecule has 6 nitrogen and oxygen atoms in total. The number of hydrogen-bond acceptors (Lipinski definition) is 4. The molecule has 1 N–H and O–H groups in total. The Hall–Kier alpha value is -1.06. The van der Waals surface area contributed by atoms with Crippen molar-refractivity contribution in [3.05, 3.63) is 29.8 Å². The zero-order valence-corrected chi connectivity index (χ0v) is 19.9. The van der Waals surface area contributed by atoms with E-state index in [1.807, 2.05) is 19.2 Å². The number of likely N-dealkylation sites (tertiary alicyclic amines) is 1. The SMILES string of the molecule is CN=C(NCC(c1ccc(OC)cc1)N1CCOCC1)N1CCC(C)(C)C1.I. The third kappa shape index (κ3) is 5.97. The molecule has 0 aliphatic carbocycles. The Balaban J connectivity index is 0.00000280. The smallest absolute Gasteiger partial charge is 0.193 e. The summed E-state index contributed by atoms with van der Waals surface area (Å²) in [7, 11) is 3.59. The first kappa shape index (κ1) is 23.2. The molecule has 2 aliphatic rings. The number of morpholine rings is 1. The van der Waals surface area contributed by atoms with E-state index in [0.717, 1.165) is 57.6 Å². The van der Waals surface area contributed by atoms with Gasteiger partial charge in [-0.25, -0.2) is 0 Å². The maximum Gasteiger partial charge on any atom is 0.193 e. The number of nitrogens with one attached hydrogen (secondary N) is 1. The average molecular weight is 502 g/mol. The molecule has 2 saturated heterocycles. The predicted molar refractivity (Wildman–Crippen MR) is 125 cm³/mol. The molecule has 1 aromatic rings. The van der Waals surface area contributed by atoms with Gasteiger partial charge in [-0.15, -0.1) is 24.0 Å². The first-order chi connectivity index (χ1) is 13.0. The molecule has 0 bridgehead atoms. The summed E-state index contributed by atoms with van der Waals surface area (Å²) in [6, 6.07) is 8.71. The number of halogens is 1. The number of rotatable bonds is 5. The molecule has 1 atom stereocenters. The Labute approximate surface area is 186 Å². The molecule has 2 aliphatic heterocycles. The monoisotopic (exact) mass is 502 g/mol. The van der Waals surface area contributed by atoms with Crippen LogP contribution in [0.15, 0.2) is 29.3 Å². The van der Waals surface area contributed by atoms with E-state index < -0.39 is 0 Å². The quantitative estimate of drug-likeness (QED) is 0.381. The molecule has 1 aromatic carbocycles. The van der Waals surface area contributed by atoms with Crippen LogP contribution in [-0.4, -0.2) is 75.9 Å². The minimum atomic E-state index is 0. The molecule has 2 heterocycles. The van der Waals surface area contributed by atoms with Gasteiger partial charge in [0.15, 0.2) is 5.96 Å². The van der Waals surface area contributed by atoms with Crippen LogP contribution in [0.3, 0.4) is 0 Å². The van der Waals surface area contributed by atoms with Crippen LogP contribution in [0.25, 0.3) is 0 Å². The predicted octanol–water partition coefficient (Wildman–Crippen LogP) is 2.99. The molecule has 0 saturated carbocycles. The molecular formula is C21H35IN4O2. The lowest BCUT2D eigenvalue weighted by molar-refractivity contribution is 0.0169. The number of ether oxygens (including phenoxy) is 2. The Morgan fingerprint density at radius 3 is 2.43 bits per heavy atom. The molecule has 0 radical (unpaired) electrons. The van der Waals surface area contributed by atoms with E-state index in [-0.39, 0.29) is 30.0 Å². The molecule has 0 amide bonds. The van der Waals surface area contributed by atoms with Gasteiger partial charge in [-0.1, -0.05) is 26.0 Å². The van der Waals surface area contributed by atoms with Crippen molar-refractivity contribution in [2.45, 2.75) is 26.3 Å². The van der Waals surface area contributed by atoms with Crippen molar-refractivity contribution in [1.82, 2.24) is 15.1 Å². The molecule has 7 heteroatoms. The van der Waals surface area contributed by atoms with E-state index in [9.17, 15) is 0 Å². The van der Waals surface area contributed by atoms with Crippen LogP contribution in [0.2, 0.25) is 0 Å². The van der Waals surface area contributed by atoms with Gasteiger partial charge in [0.05, 0.1) is 26.4 Å². The summed E-state index contributed by atoms with van der Waals surface area (Å²) in [5, 5.41) is 3.64. The topological polar surface area (TPSA) is 49.3 Å². The summed E-state index contributed by atoms with van der Waals surface area (Å²) in [6.07, 6.45) is 1.21. The van der Waals surface area contributed by atoms with Gasteiger partial charge in [0.1, 0.15) is 5.75 Å². The van der Waals surface area contributed by atoms with Crippen molar-refractivity contribution in [2.24, 2.45) is 10.4 Å². The number of aliphatic imine (C=N–C) groups is 1. The maximum absolute atomic E-state index is 5.56. The van der Waals surface area contributed by atoms with Gasteiger partial charge in [-0.2, -0.15) is 0 Å². The molecule has 3 rings (SSSR count). The van der Waals surface area contributed by atoms with Crippen LogP contribution in [0.5, 0.6) is 5.75 Å². The van der Waals surface area contributed by atoms with Crippen molar-refractivity contribution < 1.29 is 9.47 Å². The first-order valence-electron chi connectivity index (χ1n) is 9.94. The molecule has 0 spiro atoms. The lowest BCUT2D eigenvalue weighted by Gasteiger charge is -2.36. The lowest BCUT2D eigenvalue weighted by atomic mass is 9.93. The number of hydrogen-bond donors (Lipinski definition) is 1. The summed E-state index contributed by atoms with van der Waals surface area (Å²) in [4.78, 5) is 9.42. The van der Waals surface area contributed by atoms with Gasteiger partial charge in [-0.3, -0.25) is 9.89 Å². The Morgan fingerprint density at radius 1 is 1.21 bits per heavy atom. The molecule has 28 heavy (non-hydrogen) atoms. The fourth-order valence-electron chi connectivity index (χ4n) is 3.99. The van der Waals surface area contributed by atoms with E-state index in [1.165, 1.54) is 12.0 Å². The van der Waals surface area contributed by atoms with Crippen molar-refractivity contribution in [3.8, 4) is 5.75 Å². The largest absolute Gasteiger partial charge is 0.497 e. The Kier molecular flexibility index (Phi) is 8.82. The van der Waals surface area contributed by atoms with Gasteiger partial charge >= 0.3 is 0 Å². The van der Waals surface area contributed by atoms with E-state index in [0.29, 0.717) is 5.41 Å². The van der Waals surface area contributed by atoms with Crippen LogP contribution in [0.4, 0.5) is 0 Å². The van der Waals surface area contributed by atoms with Crippen LogP contribution < -0.4 is 10.1 Å². The molecule has 2 fully saturated rings. The second kappa shape index (κ2) is 10.6. The molecular weight excluding hydrogens is 467 g/mol. The summed E-state index contributed by atoms with van der Waals surface area (Å²) >= 11 is 0. The highest BCUT2D eigenvalue weighted by Crippen LogP contribution is 2.29. The fraction of sp³-hybridized carbons (Fsp3) is 0.667. The zero-order valence-electron chi connectivity index (χ0n) is 17.6. The number of nitrogens with zero attached hydrogens (tertiary/aromatic N) is 3. The second-order valence-electron chi connectivity index (χ2n) is 8.20. The van der Waals surface area contributed by atoms with Crippen molar-refractivity contribution >= 4 is 29.9 Å². The Morgan fingerprint density at radius 2 is 1.89 bits per heavy atom. The summed E-state index contributed by atoms with van der Waals surface area (Å²) in [5.74, 6) is 1.90. The van der Waals surface area contributed by atoms with Crippen molar-refractivity contribution in [3.63, 3.8) is 0 Å². The van der Waals surface area contributed by atoms with Gasteiger partial charge in [-0.05, 0) is 29.5 Å². The van der Waals surface area contributed by atoms with Gasteiger partial charge in [0.2, 0.25) is 0 Å². The summed E-state index contributed by atoms with van der Waals surface area (Å²) in [5.41, 5.74) is 1.65. The average Bonchev–Trinajstić information content (AvgIpc) is 3.06. The molecule has 1 unspecified atom stereocenters. The first-order valence-corrected chi connectivity index (χ1v) is 9.94. The second-order valence-corrected chi connectivity index (χ2v) is 8.20. The third-order valence-electron chi connectivity index (χ3n) is 5.63. The lowest BCUT2D eigenvalue weighted by Crippen LogP contribution is -2.47.